The highest BCUT2D eigenvalue weighted by Gasteiger charge is 2.10. The number of rotatable bonds is 4. The van der Waals surface area contributed by atoms with E-state index >= 15 is 0 Å². The van der Waals surface area contributed by atoms with Gasteiger partial charge in [-0.2, -0.15) is 5.10 Å². The van der Waals surface area contributed by atoms with Crippen LogP contribution in [0.15, 0.2) is 59.2 Å². The van der Waals surface area contributed by atoms with E-state index in [2.05, 4.69) is 26.3 Å². The van der Waals surface area contributed by atoms with Crippen LogP contribution in [0.4, 0.5) is 5.69 Å². The molecule has 0 radical (unpaired) electrons. The lowest BCUT2D eigenvalue weighted by Crippen LogP contribution is -2.11. The molecule has 0 aliphatic heterocycles. The number of hydrogen-bond acceptors (Lipinski definition) is 3. The van der Waals surface area contributed by atoms with Crippen molar-refractivity contribution in [3.8, 4) is 17.0 Å². The van der Waals surface area contributed by atoms with Crippen LogP contribution in [0, 0.1) is 0 Å². The van der Waals surface area contributed by atoms with Crippen LogP contribution in [-0.4, -0.2) is 22.8 Å². The van der Waals surface area contributed by atoms with Crippen LogP contribution in [0.3, 0.4) is 0 Å². The molecule has 0 bridgehead atoms. The second-order valence-electron chi connectivity index (χ2n) is 5.26. The van der Waals surface area contributed by atoms with Crippen molar-refractivity contribution >= 4 is 27.5 Å². The Morgan fingerprint density at radius 1 is 1.21 bits per heavy atom. The molecular weight excluding hydrogens is 370 g/mol. The molecule has 0 aliphatic rings. The molecule has 6 heteroatoms. The predicted molar refractivity (Wildman–Crippen MR) is 97.3 cm³/mol. The van der Waals surface area contributed by atoms with E-state index in [1.807, 2.05) is 37.5 Å². The SMILES string of the molecule is COc1ccc(C(=O)Nc2cccc(-c3nn(C)cc3Br)c2)cc1. The molecule has 0 atom stereocenters. The molecule has 1 amide bonds. The van der Waals surface area contributed by atoms with E-state index in [0.29, 0.717) is 17.0 Å². The highest BCUT2D eigenvalue weighted by molar-refractivity contribution is 9.10. The molecule has 1 heterocycles. The molecular formula is C18H16BrN3O2. The van der Waals surface area contributed by atoms with E-state index in [4.69, 9.17) is 4.74 Å². The van der Waals surface area contributed by atoms with Gasteiger partial charge in [0.25, 0.3) is 5.91 Å². The average molecular weight is 386 g/mol. The molecule has 0 fully saturated rings. The first-order chi connectivity index (χ1) is 11.6. The molecule has 122 valence electrons. The number of carbonyl (C=O) groups is 1. The molecule has 3 rings (SSSR count). The largest absolute Gasteiger partial charge is 0.497 e. The van der Waals surface area contributed by atoms with E-state index in [-0.39, 0.29) is 5.91 Å². The normalized spacial score (nSPS) is 10.5. The number of ether oxygens (including phenoxy) is 1. The van der Waals surface area contributed by atoms with E-state index in [1.165, 1.54) is 0 Å². The Balaban J connectivity index is 1.81. The molecule has 5 nitrogen and oxygen atoms in total. The van der Waals surface area contributed by atoms with E-state index in [9.17, 15) is 4.79 Å². The van der Waals surface area contributed by atoms with Gasteiger partial charge in [0.1, 0.15) is 11.4 Å². The van der Waals surface area contributed by atoms with Gasteiger partial charge in [0, 0.05) is 30.1 Å². The summed E-state index contributed by atoms with van der Waals surface area (Å²) in [7, 11) is 3.46. The fourth-order valence-electron chi connectivity index (χ4n) is 2.35. The van der Waals surface area contributed by atoms with Crippen molar-refractivity contribution in [3.05, 3.63) is 64.8 Å². The molecule has 24 heavy (non-hydrogen) atoms. The van der Waals surface area contributed by atoms with Gasteiger partial charge in [-0.25, -0.2) is 0 Å². The van der Waals surface area contributed by atoms with Gasteiger partial charge in [0.15, 0.2) is 0 Å². The lowest BCUT2D eigenvalue weighted by atomic mass is 10.1. The first-order valence-electron chi connectivity index (χ1n) is 7.32. The van der Waals surface area contributed by atoms with Crippen LogP contribution in [0.5, 0.6) is 5.75 Å². The van der Waals surface area contributed by atoms with Crippen molar-refractivity contribution in [2.45, 2.75) is 0 Å². The first-order valence-corrected chi connectivity index (χ1v) is 8.11. The summed E-state index contributed by atoms with van der Waals surface area (Å²) in [5, 5.41) is 7.32. The highest BCUT2D eigenvalue weighted by Crippen LogP contribution is 2.28. The third-order valence-corrected chi connectivity index (χ3v) is 4.11. The quantitative estimate of drug-likeness (QED) is 0.734. The van der Waals surface area contributed by atoms with Crippen molar-refractivity contribution in [1.29, 1.82) is 0 Å². The maximum atomic E-state index is 12.4. The molecule has 3 aromatic rings. The minimum absolute atomic E-state index is 0.171. The number of nitrogens with one attached hydrogen (secondary N) is 1. The third kappa shape index (κ3) is 3.49. The van der Waals surface area contributed by atoms with Gasteiger partial charge in [0.2, 0.25) is 0 Å². The summed E-state index contributed by atoms with van der Waals surface area (Å²) in [5.41, 5.74) is 3.04. The molecule has 1 aromatic heterocycles. The average Bonchev–Trinajstić information content (AvgIpc) is 2.93. The number of aryl methyl sites for hydroxylation is 1. The fourth-order valence-corrected chi connectivity index (χ4v) is 2.95. The maximum absolute atomic E-state index is 12.4. The van der Waals surface area contributed by atoms with Gasteiger partial charge >= 0.3 is 0 Å². The standard InChI is InChI=1S/C18H16BrN3O2/c1-22-11-16(19)17(21-22)13-4-3-5-14(10-13)20-18(23)12-6-8-15(24-2)9-7-12/h3-11H,1-2H3,(H,20,23). The smallest absolute Gasteiger partial charge is 0.255 e. The summed E-state index contributed by atoms with van der Waals surface area (Å²) < 4.78 is 7.74. The van der Waals surface area contributed by atoms with E-state index in [0.717, 1.165) is 15.7 Å². The number of aromatic nitrogens is 2. The summed E-state index contributed by atoms with van der Waals surface area (Å²) in [6.45, 7) is 0. The minimum Gasteiger partial charge on any atom is -0.497 e. The zero-order valence-corrected chi connectivity index (χ0v) is 14.9. The van der Waals surface area contributed by atoms with Crippen LogP contribution >= 0.6 is 15.9 Å². The van der Waals surface area contributed by atoms with Gasteiger partial charge in [-0.1, -0.05) is 12.1 Å². The molecule has 0 unspecified atom stereocenters. The van der Waals surface area contributed by atoms with Gasteiger partial charge in [-0.15, -0.1) is 0 Å². The number of hydrogen-bond donors (Lipinski definition) is 1. The van der Waals surface area contributed by atoms with Gasteiger partial charge in [0.05, 0.1) is 11.6 Å². The zero-order chi connectivity index (χ0) is 17.1. The van der Waals surface area contributed by atoms with Gasteiger partial charge in [-0.05, 0) is 52.3 Å². The first kappa shape index (κ1) is 16.3. The van der Waals surface area contributed by atoms with E-state index in [1.54, 1.807) is 36.1 Å². The summed E-state index contributed by atoms with van der Waals surface area (Å²) in [4.78, 5) is 12.4. The van der Waals surface area contributed by atoms with Crippen molar-refractivity contribution < 1.29 is 9.53 Å². The molecule has 0 spiro atoms. The Morgan fingerprint density at radius 2 is 1.96 bits per heavy atom. The number of methoxy groups -OCH3 is 1. The van der Waals surface area contributed by atoms with Crippen LogP contribution in [0.1, 0.15) is 10.4 Å². The Labute approximate surface area is 148 Å². The molecule has 1 N–H and O–H groups in total. The number of amides is 1. The lowest BCUT2D eigenvalue weighted by molar-refractivity contribution is 0.102. The highest BCUT2D eigenvalue weighted by atomic mass is 79.9. The molecule has 0 saturated heterocycles. The summed E-state index contributed by atoms with van der Waals surface area (Å²) in [6.07, 6.45) is 1.89. The third-order valence-electron chi connectivity index (χ3n) is 3.53. The number of carbonyl (C=O) groups excluding carboxylic acids is 1. The second-order valence-corrected chi connectivity index (χ2v) is 6.12. The van der Waals surface area contributed by atoms with Crippen LogP contribution < -0.4 is 10.1 Å². The lowest BCUT2D eigenvalue weighted by Gasteiger charge is -2.07. The van der Waals surface area contributed by atoms with Crippen molar-refractivity contribution in [1.82, 2.24) is 9.78 Å². The maximum Gasteiger partial charge on any atom is 0.255 e. The summed E-state index contributed by atoms with van der Waals surface area (Å²) >= 11 is 3.50. The Kier molecular flexibility index (Phi) is 4.66. The monoisotopic (exact) mass is 385 g/mol. The van der Waals surface area contributed by atoms with Crippen LogP contribution in [-0.2, 0) is 7.05 Å². The molecule has 0 aliphatic carbocycles. The summed E-state index contributed by atoms with van der Waals surface area (Å²) in [5.74, 6) is 0.545. The Bertz CT molecular complexity index is 872. The fraction of sp³-hybridized carbons (Fsp3) is 0.111. The van der Waals surface area contributed by atoms with Crippen LogP contribution in [0.2, 0.25) is 0 Å². The Morgan fingerprint density at radius 3 is 2.58 bits per heavy atom. The van der Waals surface area contributed by atoms with Gasteiger partial charge in [-0.3, -0.25) is 9.48 Å². The molecule has 2 aromatic carbocycles. The molecule has 0 saturated carbocycles. The zero-order valence-electron chi connectivity index (χ0n) is 13.3. The minimum atomic E-state index is -0.171. The Hall–Kier alpha value is -2.60. The second kappa shape index (κ2) is 6.88. The number of nitrogens with zero attached hydrogens (tertiary/aromatic N) is 2. The van der Waals surface area contributed by atoms with Crippen molar-refractivity contribution in [3.63, 3.8) is 0 Å². The van der Waals surface area contributed by atoms with Gasteiger partial charge < -0.3 is 10.1 Å². The van der Waals surface area contributed by atoms with Crippen LogP contribution in [0.25, 0.3) is 11.3 Å². The number of anilines is 1. The topological polar surface area (TPSA) is 56.1 Å². The predicted octanol–water partition coefficient (Wildman–Crippen LogP) is 4.11. The van der Waals surface area contributed by atoms with E-state index < -0.39 is 0 Å². The number of halogens is 1. The van der Waals surface area contributed by atoms with Crippen molar-refractivity contribution in [2.75, 3.05) is 12.4 Å². The number of benzene rings is 2. The van der Waals surface area contributed by atoms with Crippen molar-refractivity contribution in [2.24, 2.45) is 7.05 Å². The summed E-state index contributed by atoms with van der Waals surface area (Å²) in [6, 6.07) is 14.6.